The molecule has 2 aliphatic heterocycles. The molecule has 134 valence electrons. The Bertz CT molecular complexity index is 526. The van der Waals surface area contributed by atoms with Crippen LogP contribution in [-0.4, -0.2) is 40.0 Å². The number of hydrogen-bond donors (Lipinski definition) is 1. The van der Waals surface area contributed by atoms with Crippen molar-refractivity contribution in [3.05, 3.63) is 5.21 Å². The Morgan fingerprint density at radius 3 is 2.22 bits per heavy atom. The van der Waals surface area contributed by atoms with Crippen LogP contribution in [-0.2, 0) is 4.74 Å². The van der Waals surface area contributed by atoms with Crippen molar-refractivity contribution in [2.75, 3.05) is 0 Å². The van der Waals surface area contributed by atoms with Gasteiger partial charge in [0.2, 0.25) is 0 Å². The highest BCUT2D eigenvalue weighted by Gasteiger charge is 2.62. The minimum Gasteiger partial charge on any atom is -0.784 e. The third kappa shape index (κ3) is 2.75. The van der Waals surface area contributed by atoms with Crippen LogP contribution >= 0.6 is 0 Å². The molecule has 6 nitrogen and oxygen atoms in total. The molecule has 0 aliphatic carbocycles. The Balaban J connectivity index is 2.63. The average Bonchev–Trinajstić information content (AvgIpc) is 2.53. The monoisotopic (exact) mass is 327 g/mol. The number of cyclic esters (lactones) is 1. The van der Waals surface area contributed by atoms with E-state index in [0.717, 1.165) is 5.06 Å². The largest absolute Gasteiger partial charge is 0.784 e. The predicted octanol–water partition coefficient (Wildman–Crippen LogP) is 3.33. The first-order valence-electron chi connectivity index (χ1n) is 8.80. The van der Waals surface area contributed by atoms with Gasteiger partial charge in [0, 0.05) is 11.5 Å². The topological polar surface area (TPSA) is 67.9 Å². The van der Waals surface area contributed by atoms with Crippen molar-refractivity contribution in [3.8, 4) is 0 Å². The molecule has 0 saturated carbocycles. The molecule has 0 aromatic heterocycles. The molecule has 0 aromatic rings. The summed E-state index contributed by atoms with van der Waals surface area (Å²) in [5, 5.41) is 15.2. The number of hydrazine groups is 1. The van der Waals surface area contributed by atoms with Gasteiger partial charge >= 0.3 is 6.09 Å². The van der Waals surface area contributed by atoms with Crippen LogP contribution < -0.4 is 5.43 Å². The number of carbonyl (C=O) groups excluding carboxylic acids is 1. The van der Waals surface area contributed by atoms with Crippen molar-refractivity contribution in [1.29, 1.82) is 0 Å². The highest BCUT2D eigenvalue weighted by molar-refractivity contribution is 5.71. The number of ether oxygens (including phenoxy) is 1. The SMILES string of the molecule is [2H]C1(C)NN2C(=O)O[C@](C)(C(C)(C)C)C2C(C)C(C(C)(C)C)N1[O-]. The molecule has 0 aromatic carbocycles. The second kappa shape index (κ2) is 5.33. The van der Waals surface area contributed by atoms with Crippen LogP contribution in [0.2, 0.25) is 0 Å². The predicted molar refractivity (Wildman–Crippen MR) is 90.2 cm³/mol. The lowest BCUT2D eigenvalue weighted by Crippen LogP contribution is -2.59. The first-order chi connectivity index (χ1) is 10.5. The average molecular weight is 327 g/mol. The normalized spacial score (nSPS) is 43.7. The number of fused-ring (bicyclic) bond motifs is 1. The highest BCUT2D eigenvalue weighted by atomic mass is 16.6. The standard InChI is InChI=1S/C17H32N3O3/c1-10-12(15(3,4)5)20(22)11(2)18-19-13(10)17(9,16(6,7)8)23-14(19)21/h10-13,18H,1-9H3/q-1/t10?,11?,12?,13?,17-/m0/s1/i11D. The third-order valence-corrected chi connectivity index (χ3v) is 5.58. The Morgan fingerprint density at radius 1 is 1.26 bits per heavy atom. The zero-order valence-corrected chi connectivity index (χ0v) is 15.9. The van der Waals surface area contributed by atoms with Gasteiger partial charge in [-0.15, -0.1) is 0 Å². The van der Waals surface area contributed by atoms with Crippen LogP contribution in [0.4, 0.5) is 4.79 Å². The lowest BCUT2D eigenvalue weighted by Gasteiger charge is -2.51. The number of hydroxylamine groups is 2. The Labute approximate surface area is 141 Å². The van der Waals surface area contributed by atoms with E-state index in [9.17, 15) is 10.0 Å². The lowest BCUT2D eigenvalue weighted by molar-refractivity contribution is -0.0644. The first-order valence-corrected chi connectivity index (χ1v) is 8.30. The molecule has 23 heavy (non-hydrogen) atoms. The summed E-state index contributed by atoms with van der Waals surface area (Å²) >= 11 is 0. The molecule has 1 amide bonds. The van der Waals surface area contributed by atoms with Gasteiger partial charge in [-0.3, -0.25) is 0 Å². The van der Waals surface area contributed by atoms with Crippen molar-refractivity contribution in [1.82, 2.24) is 15.5 Å². The Hall–Kier alpha value is -0.850. The number of nitrogens with one attached hydrogen (secondary N) is 1. The molecule has 6 heteroatoms. The minimum absolute atomic E-state index is 0.183. The molecule has 0 spiro atoms. The second-order valence-corrected chi connectivity index (χ2v) is 9.23. The number of hydrogen-bond acceptors (Lipinski definition) is 5. The zero-order valence-electron chi connectivity index (χ0n) is 16.9. The molecule has 1 N–H and O–H groups in total. The molecule has 2 saturated heterocycles. The van der Waals surface area contributed by atoms with E-state index in [0.29, 0.717) is 0 Å². The zero-order chi connectivity index (χ0) is 18.9. The summed E-state index contributed by atoms with van der Waals surface area (Å²) in [7, 11) is 0. The molecule has 2 heterocycles. The van der Waals surface area contributed by atoms with Gasteiger partial charge in [0.15, 0.2) is 0 Å². The molecule has 5 atom stereocenters. The fourth-order valence-electron chi connectivity index (χ4n) is 4.06. The van der Waals surface area contributed by atoms with Gasteiger partial charge in [0.1, 0.15) is 5.60 Å². The van der Waals surface area contributed by atoms with E-state index in [1.165, 1.54) is 11.9 Å². The van der Waals surface area contributed by atoms with Crippen LogP contribution in [0.25, 0.3) is 0 Å². The fraction of sp³-hybridized carbons (Fsp3) is 0.941. The smallest absolute Gasteiger partial charge is 0.425 e. The summed E-state index contributed by atoms with van der Waals surface area (Å²) in [6.45, 7) is 17.5. The number of carbonyl (C=O) groups is 1. The van der Waals surface area contributed by atoms with Crippen LogP contribution in [0.1, 0.15) is 63.7 Å². The molecule has 0 bridgehead atoms. The molecule has 2 rings (SSSR count). The summed E-state index contributed by atoms with van der Waals surface area (Å²) in [5.41, 5.74) is 1.36. The van der Waals surface area contributed by atoms with Gasteiger partial charge in [0.25, 0.3) is 0 Å². The fourth-order valence-corrected chi connectivity index (χ4v) is 4.06. The number of amides is 1. The maximum atomic E-state index is 13.0. The lowest BCUT2D eigenvalue weighted by atomic mass is 9.66. The van der Waals surface area contributed by atoms with E-state index in [-0.39, 0.29) is 22.8 Å². The van der Waals surface area contributed by atoms with Crippen molar-refractivity contribution in [2.24, 2.45) is 16.7 Å². The molecular weight excluding hydrogens is 294 g/mol. The summed E-state index contributed by atoms with van der Waals surface area (Å²) in [4.78, 5) is 12.6. The molecular formula is C17H32N3O3-. The van der Waals surface area contributed by atoms with E-state index in [1.54, 1.807) is 0 Å². The van der Waals surface area contributed by atoms with Crippen molar-refractivity contribution in [2.45, 2.75) is 86.1 Å². The molecule has 2 aliphatic rings. The van der Waals surface area contributed by atoms with Gasteiger partial charge in [-0.05, 0) is 25.2 Å². The summed E-state index contributed by atoms with van der Waals surface area (Å²) in [6, 6.07) is -0.795. The maximum Gasteiger partial charge on any atom is 0.425 e. The first kappa shape index (κ1) is 17.0. The maximum absolute atomic E-state index is 13.0. The van der Waals surface area contributed by atoms with Crippen molar-refractivity contribution < 1.29 is 10.9 Å². The molecule has 2 fully saturated rings. The van der Waals surface area contributed by atoms with Crippen LogP contribution in [0, 0.1) is 22.0 Å². The van der Waals surface area contributed by atoms with E-state index >= 15 is 0 Å². The minimum atomic E-state index is -1.65. The van der Waals surface area contributed by atoms with Gasteiger partial charge in [-0.2, -0.15) is 0 Å². The van der Waals surface area contributed by atoms with Gasteiger partial charge in [0.05, 0.1) is 13.6 Å². The van der Waals surface area contributed by atoms with E-state index in [1.807, 2.05) is 55.4 Å². The van der Waals surface area contributed by atoms with Crippen molar-refractivity contribution in [3.63, 3.8) is 0 Å². The Morgan fingerprint density at radius 2 is 1.78 bits per heavy atom. The number of rotatable bonds is 0. The van der Waals surface area contributed by atoms with Crippen LogP contribution in [0.3, 0.4) is 0 Å². The third-order valence-electron chi connectivity index (χ3n) is 5.58. The summed E-state index contributed by atoms with van der Waals surface area (Å²) < 4.78 is 14.2. The van der Waals surface area contributed by atoms with Gasteiger partial charge in [-0.1, -0.05) is 48.5 Å². The van der Waals surface area contributed by atoms with Gasteiger partial charge in [-0.25, -0.2) is 15.2 Å². The second-order valence-electron chi connectivity index (χ2n) is 9.23. The molecule has 0 radical (unpaired) electrons. The van der Waals surface area contributed by atoms with Crippen LogP contribution in [0.5, 0.6) is 0 Å². The summed E-state index contributed by atoms with van der Waals surface area (Å²) in [6.07, 6.45) is -2.17. The van der Waals surface area contributed by atoms with Crippen molar-refractivity contribution >= 4 is 6.09 Å². The number of nitrogens with zero attached hydrogens (tertiary/aromatic N) is 2. The van der Waals surface area contributed by atoms with Crippen LogP contribution in [0.15, 0.2) is 0 Å². The Kier molecular flexibility index (Phi) is 3.93. The highest BCUT2D eigenvalue weighted by Crippen LogP contribution is 2.49. The van der Waals surface area contributed by atoms with E-state index in [4.69, 9.17) is 6.11 Å². The molecule has 4 unspecified atom stereocenters. The van der Waals surface area contributed by atoms with E-state index < -0.39 is 23.9 Å². The summed E-state index contributed by atoms with van der Waals surface area (Å²) in [5.74, 6) is -0.183. The quantitative estimate of drug-likeness (QED) is 0.739. The van der Waals surface area contributed by atoms with E-state index in [2.05, 4.69) is 5.43 Å². The van der Waals surface area contributed by atoms with Gasteiger partial charge < -0.3 is 15.0 Å².